The number of carbonyl (C=O) groups is 1. The number of nitrogens with one attached hydrogen (secondary N) is 1. The number of halogens is 3. The van der Waals surface area contributed by atoms with Gasteiger partial charge >= 0.3 is 0 Å². The number of amides is 1. The third-order valence-corrected chi connectivity index (χ3v) is 4.09. The highest BCUT2D eigenvalue weighted by atomic mass is 79.9. The van der Waals surface area contributed by atoms with E-state index in [1.807, 2.05) is 0 Å². The molecule has 1 fully saturated rings. The highest BCUT2D eigenvalue weighted by Gasteiger charge is 2.22. The Balaban J connectivity index is 2.17. The Kier molecular flexibility index (Phi) is 7.74. The molecule has 0 aromatic heterocycles. The van der Waals surface area contributed by atoms with Crippen LogP contribution >= 0.6 is 15.9 Å². The Morgan fingerprint density at radius 1 is 1.33 bits per heavy atom. The van der Waals surface area contributed by atoms with Gasteiger partial charge in [-0.2, -0.15) is 0 Å². The Bertz CT molecular complexity index is 254. The molecule has 1 aliphatic rings. The summed E-state index contributed by atoms with van der Waals surface area (Å²) < 4.78 is 28.3. The first-order chi connectivity index (χ1) is 8.59. The van der Waals surface area contributed by atoms with Crippen LogP contribution in [-0.2, 0) is 9.53 Å². The van der Waals surface area contributed by atoms with Crippen molar-refractivity contribution in [2.24, 2.45) is 0 Å². The fourth-order valence-corrected chi connectivity index (χ4v) is 2.76. The predicted molar refractivity (Wildman–Crippen MR) is 69.2 cm³/mol. The van der Waals surface area contributed by atoms with E-state index in [1.165, 1.54) is 12.8 Å². The number of hydrogen-bond donors (Lipinski definition) is 1. The zero-order valence-corrected chi connectivity index (χ0v) is 11.9. The van der Waals surface area contributed by atoms with E-state index in [4.69, 9.17) is 0 Å². The smallest absolute Gasteiger partial charge is 0.261 e. The normalized spacial score (nSPS) is 24.9. The molecular formula is C12H20BrF2NO2. The van der Waals surface area contributed by atoms with Gasteiger partial charge < -0.3 is 10.1 Å². The topological polar surface area (TPSA) is 38.3 Å². The predicted octanol–water partition coefficient (Wildman–Crippen LogP) is 2.87. The standard InChI is InChI=1S/C12H20BrF2NO2/c13-9-4-2-1-3-5-10(9)16-12(17)6-7-18-8-11(14)15/h9-11H,1-8H2,(H,16,17). The molecule has 0 aliphatic heterocycles. The maximum atomic E-state index is 11.8. The van der Waals surface area contributed by atoms with Gasteiger partial charge in [0.05, 0.1) is 6.61 Å². The molecule has 0 heterocycles. The Morgan fingerprint density at radius 3 is 2.78 bits per heavy atom. The molecule has 3 nitrogen and oxygen atoms in total. The first-order valence-electron chi connectivity index (χ1n) is 6.39. The van der Waals surface area contributed by atoms with E-state index in [1.54, 1.807) is 0 Å². The van der Waals surface area contributed by atoms with Crippen LogP contribution in [0.2, 0.25) is 0 Å². The molecule has 1 rings (SSSR count). The van der Waals surface area contributed by atoms with Crippen molar-refractivity contribution in [3.05, 3.63) is 0 Å². The van der Waals surface area contributed by atoms with E-state index < -0.39 is 13.0 Å². The molecule has 1 N–H and O–H groups in total. The largest absolute Gasteiger partial charge is 0.375 e. The minimum Gasteiger partial charge on any atom is -0.375 e. The summed E-state index contributed by atoms with van der Waals surface area (Å²) in [5.41, 5.74) is 0. The zero-order valence-electron chi connectivity index (χ0n) is 10.3. The molecule has 2 atom stereocenters. The van der Waals surface area contributed by atoms with Crippen LogP contribution in [0.25, 0.3) is 0 Å². The van der Waals surface area contributed by atoms with Gasteiger partial charge in [-0.1, -0.05) is 35.2 Å². The highest BCUT2D eigenvalue weighted by molar-refractivity contribution is 9.09. The monoisotopic (exact) mass is 327 g/mol. The molecule has 1 saturated carbocycles. The van der Waals surface area contributed by atoms with Gasteiger partial charge in [0, 0.05) is 17.3 Å². The maximum Gasteiger partial charge on any atom is 0.261 e. The van der Waals surface area contributed by atoms with Crippen LogP contribution in [-0.4, -0.2) is 36.4 Å². The molecule has 6 heteroatoms. The molecular weight excluding hydrogens is 308 g/mol. The van der Waals surface area contributed by atoms with Gasteiger partial charge in [0.1, 0.15) is 6.61 Å². The molecule has 1 amide bonds. The Morgan fingerprint density at radius 2 is 2.06 bits per heavy atom. The molecule has 0 spiro atoms. The quantitative estimate of drug-likeness (QED) is 0.463. The van der Waals surface area contributed by atoms with Crippen LogP contribution in [0.1, 0.15) is 38.5 Å². The lowest BCUT2D eigenvalue weighted by molar-refractivity contribution is -0.123. The fraction of sp³-hybridized carbons (Fsp3) is 0.917. The fourth-order valence-electron chi connectivity index (χ4n) is 2.04. The van der Waals surface area contributed by atoms with Crippen molar-refractivity contribution in [1.82, 2.24) is 5.32 Å². The molecule has 18 heavy (non-hydrogen) atoms. The van der Waals surface area contributed by atoms with Crippen molar-refractivity contribution in [3.63, 3.8) is 0 Å². The van der Waals surface area contributed by atoms with Crippen molar-refractivity contribution in [1.29, 1.82) is 0 Å². The van der Waals surface area contributed by atoms with Gasteiger partial charge in [0.25, 0.3) is 6.43 Å². The minimum absolute atomic E-state index is 0.0514. The summed E-state index contributed by atoms with van der Waals surface area (Å²) in [5.74, 6) is -0.124. The van der Waals surface area contributed by atoms with Crippen molar-refractivity contribution >= 4 is 21.8 Å². The molecule has 106 valence electrons. The van der Waals surface area contributed by atoms with Crippen LogP contribution in [0.4, 0.5) is 8.78 Å². The lowest BCUT2D eigenvalue weighted by atomic mass is 10.1. The number of carbonyl (C=O) groups excluding carboxylic acids is 1. The Labute approximate surface area is 115 Å². The van der Waals surface area contributed by atoms with Crippen LogP contribution in [0.3, 0.4) is 0 Å². The average molecular weight is 328 g/mol. The summed E-state index contributed by atoms with van der Waals surface area (Å²) in [4.78, 5) is 11.9. The molecule has 0 bridgehead atoms. The highest BCUT2D eigenvalue weighted by Crippen LogP contribution is 2.23. The van der Waals surface area contributed by atoms with E-state index in [0.29, 0.717) is 4.83 Å². The van der Waals surface area contributed by atoms with Gasteiger partial charge in [-0.15, -0.1) is 0 Å². The van der Waals surface area contributed by atoms with Crippen LogP contribution in [0, 0.1) is 0 Å². The van der Waals surface area contributed by atoms with Crippen molar-refractivity contribution in [3.8, 4) is 0 Å². The van der Waals surface area contributed by atoms with E-state index in [2.05, 4.69) is 26.0 Å². The summed E-state index contributed by atoms with van der Waals surface area (Å²) >= 11 is 3.59. The van der Waals surface area contributed by atoms with Gasteiger partial charge in [-0.25, -0.2) is 8.78 Å². The summed E-state index contributed by atoms with van der Waals surface area (Å²) in [6, 6.07) is 0.148. The van der Waals surface area contributed by atoms with Gasteiger partial charge in [-0.05, 0) is 12.8 Å². The van der Waals surface area contributed by atoms with Crippen LogP contribution in [0.5, 0.6) is 0 Å². The van der Waals surface area contributed by atoms with Gasteiger partial charge in [-0.3, -0.25) is 4.79 Å². The molecule has 2 unspecified atom stereocenters. The van der Waals surface area contributed by atoms with Crippen LogP contribution < -0.4 is 5.32 Å². The van der Waals surface area contributed by atoms with E-state index in [0.717, 1.165) is 19.3 Å². The lowest BCUT2D eigenvalue weighted by Crippen LogP contribution is -2.40. The zero-order chi connectivity index (χ0) is 13.4. The second-order valence-electron chi connectivity index (χ2n) is 4.54. The van der Waals surface area contributed by atoms with Crippen molar-refractivity contribution in [2.45, 2.75) is 55.8 Å². The number of hydrogen-bond acceptors (Lipinski definition) is 2. The number of alkyl halides is 3. The molecule has 0 saturated heterocycles. The molecule has 0 radical (unpaired) electrons. The summed E-state index contributed by atoms with van der Waals surface area (Å²) in [7, 11) is 0. The first-order valence-corrected chi connectivity index (χ1v) is 7.30. The second-order valence-corrected chi connectivity index (χ2v) is 5.72. The van der Waals surface area contributed by atoms with E-state index in [-0.39, 0.29) is 25.0 Å². The summed E-state index contributed by atoms with van der Waals surface area (Å²) in [6.07, 6.45) is 3.21. The number of rotatable bonds is 6. The molecule has 0 aromatic carbocycles. The maximum absolute atomic E-state index is 11.8. The molecule has 1 aliphatic carbocycles. The average Bonchev–Trinajstić information content (AvgIpc) is 2.50. The summed E-state index contributed by atoms with van der Waals surface area (Å²) in [6.45, 7) is -0.548. The Hall–Kier alpha value is -0.230. The minimum atomic E-state index is -2.47. The third-order valence-electron chi connectivity index (χ3n) is 3.00. The van der Waals surface area contributed by atoms with Crippen LogP contribution in [0.15, 0.2) is 0 Å². The van der Waals surface area contributed by atoms with E-state index >= 15 is 0 Å². The number of ether oxygens (including phenoxy) is 1. The SMILES string of the molecule is O=C(CCOCC(F)F)NC1CCCCCC1Br. The van der Waals surface area contributed by atoms with Gasteiger partial charge in [0.2, 0.25) is 5.91 Å². The van der Waals surface area contributed by atoms with Crippen molar-refractivity contribution < 1.29 is 18.3 Å². The summed E-state index contributed by atoms with van der Waals surface area (Å²) in [5, 5.41) is 2.94. The first kappa shape index (κ1) is 15.8. The third kappa shape index (κ3) is 6.64. The van der Waals surface area contributed by atoms with Gasteiger partial charge in [0.15, 0.2) is 0 Å². The second kappa shape index (κ2) is 8.80. The lowest BCUT2D eigenvalue weighted by Gasteiger charge is -2.21. The molecule has 0 aromatic rings. The van der Waals surface area contributed by atoms with E-state index in [9.17, 15) is 13.6 Å². The van der Waals surface area contributed by atoms with Crippen molar-refractivity contribution in [2.75, 3.05) is 13.2 Å².